The average Bonchev–Trinajstić information content (AvgIpc) is 3.24. The average molecular weight is 443 g/mol. The van der Waals surface area contributed by atoms with Crippen molar-refractivity contribution in [2.75, 3.05) is 51.7 Å². The number of anilines is 1. The number of nitrogens with one attached hydrogen (secondary N) is 1. The van der Waals surface area contributed by atoms with Gasteiger partial charge >= 0.3 is 0 Å². The Labute approximate surface area is 187 Å². The van der Waals surface area contributed by atoms with Gasteiger partial charge in [-0.1, -0.05) is 23.7 Å². The van der Waals surface area contributed by atoms with Gasteiger partial charge in [-0.05, 0) is 30.5 Å². The van der Waals surface area contributed by atoms with Gasteiger partial charge in [0.15, 0.2) is 0 Å². The zero-order valence-electron chi connectivity index (χ0n) is 17.8. The fourth-order valence-electron chi connectivity index (χ4n) is 4.16. The van der Waals surface area contributed by atoms with Crippen molar-refractivity contribution in [2.45, 2.75) is 18.9 Å². The first-order valence-electron chi connectivity index (χ1n) is 10.5. The molecule has 3 heterocycles. The summed E-state index contributed by atoms with van der Waals surface area (Å²) in [5, 5.41) is 3.47. The van der Waals surface area contributed by atoms with Gasteiger partial charge in [-0.25, -0.2) is 9.97 Å². The van der Waals surface area contributed by atoms with Crippen molar-refractivity contribution in [3.8, 4) is 11.1 Å². The zero-order chi connectivity index (χ0) is 22.0. The minimum atomic E-state index is -0.126. The third-order valence-corrected chi connectivity index (χ3v) is 5.98. The molecule has 0 radical (unpaired) electrons. The summed E-state index contributed by atoms with van der Waals surface area (Å²) < 4.78 is 0. The summed E-state index contributed by atoms with van der Waals surface area (Å²) in [6.45, 7) is 2.45. The maximum absolute atomic E-state index is 13.2. The summed E-state index contributed by atoms with van der Waals surface area (Å²) in [6.07, 6.45) is 3.59. The van der Waals surface area contributed by atoms with Crippen LogP contribution in [0.4, 0.5) is 5.95 Å². The number of likely N-dealkylation sites (tertiary alicyclic amines) is 1. The molecule has 2 saturated heterocycles. The monoisotopic (exact) mass is 442 g/mol. The van der Waals surface area contributed by atoms with E-state index in [1.54, 1.807) is 0 Å². The van der Waals surface area contributed by atoms with Gasteiger partial charge < -0.3 is 15.1 Å². The first-order valence-corrected chi connectivity index (χ1v) is 10.9. The molecule has 1 aromatic heterocycles. The molecular weight excluding hydrogens is 416 g/mol. The Balaban J connectivity index is 1.64. The van der Waals surface area contributed by atoms with Crippen LogP contribution in [0, 0.1) is 0 Å². The summed E-state index contributed by atoms with van der Waals surface area (Å²) in [5.74, 6) is 0.609. The fraction of sp³-hybridized carbons (Fsp3) is 0.455. The van der Waals surface area contributed by atoms with Crippen LogP contribution in [0.2, 0.25) is 5.02 Å². The van der Waals surface area contributed by atoms with E-state index in [1.807, 2.05) is 59.3 Å². The third kappa shape index (κ3) is 4.80. The van der Waals surface area contributed by atoms with E-state index in [0.717, 1.165) is 29.7 Å². The minimum Gasteiger partial charge on any atom is -0.354 e. The van der Waals surface area contributed by atoms with E-state index in [0.29, 0.717) is 30.6 Å². The number of halogens is 1. The van der Waals surface area contributed by atoms with E-state index < -0.39 is 0 Å². The largest absolute Gasteiger partial charge is 0.354 e. The number of hydrogen-bond acceptors (Lipinski definition) is 6. The number of aromatic nitrogens is 2. The van der Waals surface area contributed by atoms with Gasteiger partial charge in [-0.3, -0.25) is 14.5 Å². The van der Waals surface area contributed by atoms with Crippen LogP contribution in [-0.4, -0.2) is 78.4 Å². The molecule has 1 atom stereocenters. The minimum absolute atomic E-state index is 0.0317. The molecule has 0 saturated carbocycles. The number of carbonyl (C=O) groups is 2. The van der Waals surface area contributed by atoms with Crippen LogP contribution in [0.3, 0.4) is 0 Å². The first-order chi connectivity index (χ1) is 14.9. The van der Waals surface area contributed by atoms with Crippen molar-refractivity contribution in [3.05, 3.63) is 41.2 Å². The van der Waals surface area contributed by atoms with Crippen LogP contribution in [0.25, 0.3) is 11.1 Å². The molecule has 1 aromatic carbocycles. The highest BCUT2D eigenvalue weighted by Crippen LogP contribution is 2.37. The summed E-state index contributed by atoms with van der Waals surface area (Å²) >= 11 is 6.08. The summed E-state index contributed by atoms with van der Waals surface area (Å²) in [6, 6.07) is 7.47. The Hall–Kier alpha value is -2.71. The number of rotatable bonds is 5. The number of amides is 2. The summed E-state index contributed by atoms with van der Waals surface area (Å²) in [5.41, 5.74) is 2.73. The lowest BCUT2D eigenvalue weighted by molar-refractivity contribution is -0.134. The normalized spacial score (nSPS) is 19.4. The van der Waals surface area contributed by atoms with Gasteiger partial charge in [-0.15, -0.1) is 0 Å². The molecule has 2 aliphatic rings. The summed E-state index contributed by atoms with van der Waals surface area (Å²) in [7, 11) is 3.81. The molecule has 2 aromatic rings. The number of hydrogen-bond donors (Lipinski definition) is 1. The quantitative estimate of drug-likeness (QED) is 0.762. The number of benzene rings is 1. The van der Waals surface area contributed by atoms with Crippen molar-refractivity contribution in [1.82, 2.24) is 25.1 Å². The molecule has 0 bridgehead atoms. The standard InChI is InChI=1S/C22H27ClN6O2/c1-27(2)22-25-12-17(15-5-7-16(23)8-6-15)21(26-22)18-4-3-10-29(18)20(31)14-28-11-9-24-19(30)13-28/h5-8,12,18H,3-4,9-11,13-14H2,1-2H3,(H,24,30)/t18-/m0/s1. The van der Waals surface area contributed by atoms with Crippen LogP contribution in [0.1, 0.15) is 24.6 Å². The van der Waals surface area contributed by atoms with Crippen molar-refractivity contribution < 1.29 is 9.59 Å². The molecule has 164 valence electrons. The van der Waals surface area contributed by atoms with Crippen molar-refractivity contribution >= 4 is 29.4 Å². The van der Waals surface area contributed by atoms with E-state index in [9.17, 15) is 9.59 Å². The van der Waals surface area contributed by atoms with E-state index in [4.69, 9.17) is 16.6 Å². The van der Waals surface area contributed by atoms with Crippen LogP contribution in [-0.2, 0) is 9.59 Å². The predicted octanol–water partition coefficient (Wildman–Crippen LogP) is 1.96. The van der Waals surface area contributed by atoms with Gasteiger partial charge in [0.05, 0.1) is 24.8 Å². The van der Waals surface area contributed by atoms with Crippen molar-refractivity contribution in [2.24, 2.45) is 0 Å². The SMILES string of the molecule is CN(C)c1ncc(-c2ccc(Cl)cc2)c([C@@H]2CCCN2C(=O)CN2CCNC(=O)C2)n1. The fourth-order valence-corrected chi connectivity index (χ4v) is 4.29. The summed E-state index contributed by atoms with van der Waals surface area (Å²) in [4.78, 5) is 39.9. The van der Waals surface area contributed by atoms with Crippen LogP contribution >= 0.6 is 11.6 Å². The molecule has 2 amide bonds. The maximum Gasteiger partial charge on any atom is 0.237 e. The Morgan fingerprint density at radius 3 is 2.74 bits per heavy atom. The van der Waals surface area contributed by atoms with E-state index in [-0.39, 0.29) is 30.9 Å². The number of piperazine rings is 1. The lowest BCUT2D eigenvalue weighted by atomic mass is 10.00. The second-order valence-electron chi connectivity index (χ2n) is 8.18. The van der Waals surface area contributed by atoms with Gasteiger partial charge in [0, 0.05) is 50.5 Å². The maximum atomic E-state index is 13.2. The van der Waals surface area contributed by atoms with Gasteiger partial charge in [0.1, 0.15) is 0 Å². The highest BCUT2D eigenvalue weighted by Gasteiger charge is 2.34. The van der Waals surface area contributed by atoms with Crippen LogP contribution in [0.15, 0.2) is 30.5 Å². The molecule has 2 fully saturated rings. The highest BCUT2D eigenvalue weighted by molar-refractivity contribution is 6.30. The molecule has 2 aliphatic heterocycles. The Kier molecular flexibility index (Phi) is 6.38. The van der Waals surface area contributed by atoms with E-state index >= 15 is 0 Å². The third-order valence-electron chi connectivity index (χ3n) is 5.73. The molecule has 0 spiro atoms. The topological polar surface area (TPSA) is 81.7 Å². The molecule has 31 heavy (non-hydrogen) atoms. The first kappa shape index (κ1) is 21.5. The molecule has 1 N–H and O–H groups in total. The second-order valence-corrected chi connectivity index (χ2v) is 8.61. The lowest BCUT2D eigenvalue weighted by Crippen LogP contribution is -2.51. The highest BCUT2D eigenvalue weighted by atomic mass is 35.5. The molecule has 0 unspecified atom stereocenters. The second kappa shape index (κ2) is 9.20. The number of carbonyl (C=O) groups excluding carboxylic acids is 2. The molecule has 4 rings (SSSR count). The van der Waals surface area contributed by atoms with Gasteiger partial charge in [-0.2, -0.15) is 0 Å². The lowest BCUT2D eigenvalue weighted by Gasteiger charge is -2.31. The smallest absolute Gasteiger partial charge is 0.237 e. The van der Waals surface area contributed by atoms with Crippen molar-refractivity contribution in [3.63, 3.8) is 0 Å². The van der Waals surface area contributed by atoms with Crippen LogP contribution < -0.4 is 10.2 Å². The van der Waals surface area contributed by atoms with Gasteiger partial charge in [0.2, 0.25) is 17.8 Å². The van der Waals surface area contributed by atoms with Crippen molar-refractivity contribution in [1.29, 1.82) is 0 Å². The molecule has 0 aliphatic carbocycles. The van der Waals surface area contributed by atoms with Gasteiger partial charge in [0.25, 0.3) is 0 Å². The van der Waals surface area contributed by atoms with E-state index in [1.165, 1.54) is 0 Å². The Morgan fingerprint density at radius 1 is 1.26 bits per heavy atom. The molecule has 8 nitrogen and oxygen atoms in total. The zero-order valence-corrected chi connectivity index (χ0v) is 18.6. The van der Waals surface area contributed by atoms with E-state index in [2.05, 4.69) is 10.3 Å². The van der Waals surface area contributed by atoms with Crippen LogP contribution in [0.5, 0.6) is 0 Å². The number of nitrogens with zero attached hydrogens (tertiary/aromatic N) is 5. The Morgan fingerprint density at radius 2 is 2.03 bits per heavy atom. The Bertz CT molecular complexity index is 965. The molecule has 9 heteroatoms. The predicted molar refractivity (Wildman–Crippen MR) is 120 cm³/mol. The molecular formula is C22H27ClN6O2.